The highest BCUT2D eigenvalue weighted by atomic mass is 35.5. The number of nitrogens with zero attached hydrogens (tertiary/aromatic N) is 2. The van der Waals surface area contributed by atoms with Crippen molar-refractivity contribution in [3.63, 3.8) is 0 Å². The van der Waals surface area contributed by atoms with E-state index in [-0.39, 0.29) is 17.1 Å². The van der Waals surface area contributed by atoms with Crippen LogP contribution in [0.4, 0.5) is 10.2 Å². The molecule has 0 fully saturated rings. The van der Waals surface area contributed by atoms with Crippen molar-refractivity contribution in [3.8, 4) is 0 Å². The summed E-state index contributed by atoms with van der Waals surface area (Å²) in [5.41, 5.74) is 1.61. The van der Waals surface area contributed by atoms with E-state index in [9.17, 15) is 4.39 Å². The fraction of sp³-hybridized carbons (Fsp3) is 0.250. The van der Waals surface area contributed by atoms with Crippen molar-refractivity contribution in [2.45, 2.75) is 13.0 Å². The lowest BCUT2D eigenvalue weighted by Crippen LogP contribution is -2.18. The van der Waals surface area contributed by atoms with Crippen LogP contribution in [0.3, 0.4) is 0 Å². The standard InChI is InChI=1S/C16H16Cl2FN3O/c1-3-4-10-5-6-11(19)7-12(10)14(9-23-2)21-15-13(17)8-20-16(18)22-15/h3-8,14H,9H2,1-2H3,(H,20,21,22)/b4-3+. The van der Waals surface area contributed by atoms with Gasteiger partial charge in [-0.05, 0) is 41.8 Å². The SMILES string of the molecule is C/C=C/c1ccc(F)cc1C(COC)Nc1nc(Cl)ncc1Cl. The van der Waals surface area contributed by atoms with Crippen molar-refractivity contribution in [1.82, 2.24) is 9.97 Å². The maximum Gasteiger partial charge on any atom is 0.224 e. The Balaban J connectivity index is 2.42. The van der Waals surface area contributed by atoms with Gasteiger partial charge in [0.15, 0.2) is 0 Å². The van der Waals surface area contributed by atoms with Crippen molar-refractivity contribution < 1.29 is 9.13 Å². The Morgan fingerprint density at radius 2 is 2.17 bits per heavy atom. The lowest BCUT2D eigenvalue weighted by atomic mass is 10.00. The number of hydrogen-bond donors (Lipinski definition) is 1. The Kier molecular flexibility index (Phi) is 6.33. The minimum atomic E-state index is -0.356. The van der Waals surface area contributed by atoms with Gasteiger partial charge in [0, 0.05) is 7.11 Å². The van der Waals surface area contributed by atoms with Gasteiger partial charge < -0.3 is 10.1 Å². The molecule has 0 aliphatic rings. The number of allylic oxidation sites excluding steroid dienone is 1. The Morgan fingerprint density at radius 1 is 1.39 bits per heavy atom. The molecule has 0 saturated carbocycles. The lowest BCUT2D eigenvalue weighted by molar-refractivity contribution is 0.186. The molecule has 4 nitrogen and oxygen atoms in total. The Hall–Kier alpha value is -1.69. The third-order valence-corrected chi connectivity index (χ3v) is 3.59. The second-order valence-electron chi connectivity index (χ2n) is 4.76. The quantitative estimate of drug-likeness (QED) is 0.759. The fourth-order valence-electron chi connectivity index (χ4n) is 2.17. The van der Waals surface area contributed by atoms with Crippen molar-refractivity contribution in [2.75, 3.05) is 19.0 Å². The molecule has 1 atom stereocenters. The number of hydrogen-bond acceptors (Lipinski definition) is 4. The van der Waals surface area contributed by atoms with Crippen LogP contribution in [0.2, 0.25) is 10.3 Å². The first-order chi connectivity index (χ1) is 11.0. The van der Waals surface area contributed by atoms with E-state index in [0.29, 0.717) is 17.4 Å². The van der Waals surface area contributed by atoms with Gasteiger partial charge in [-0.2, -0.15) is 4.98 Å². The maximum atomic E-state index is 13.7. The molecule has 1 aromatic carbocycles. The molecule has 23 heavy (non-hydrogen) atoms. The van der Waals surface area contributed by atoms with E-state index in [2.05, 4.69) is 15.3 Å². The van der Waals surface area contributed by atoms with E-state index in [1.807, 2.05) is 19.1 Å². The van der Waals surface area contributed by atoms with Gasteiger partial charge in [0.25, 0.3) is 0 Å². The molecule has 7 heteroatoms. The largest absolute Gasteiger partial charge is 0.382 e. The van der Waals surface area contributed by atoms with Crippen LogP contribution in [-0.4, -0.2) is 23.7 Å². The molecule has 0 bridgehead atoms. The van der Waals surface area contributed by atoms with Gasteiger partial charge in [-0.25, -0.2) is 9.37 Å². The summed E-state index contributed by atoms with van der Waals surface area (Å²) in [6, 6.07) is 4.23. The van der Waals surface area contributed by atoms with Gasteiger partial charge >= 0.3 is 0 Å². The first-order valence-corrected chi connectivity index (χ1v) is 7.66. The van der Waals surface area contributed by atoms with Crippen molar-refractivity contribution in [3.05, 3.63) is 57.7 Å². The van der Waals surface area contributed by atoms with Gasteiger partial charge in [-0.15, -0.1) is 0 Å². The number of anilines is 1. The van der Waals surface area contributed by atoms with Crippen LogP contribution in [-0.2, 0) is 4.74 Å². The molecule has 122 valence electrons. The van der Waals surface area contributed by atoms with Gasteiger partial charge in [-0.1, -0.05) is 29.8 Å². The number of methoxy groups -OCH3 is 1. The van der Waals surface area contributed by atoms with Crippen LogP contribution in [0.1, 0.15) is 24.1 Å². The summed E-state index contributed by atoms with van der Waals surface area (Å²) in [4.78, 5) is 7.87. The molecule has 2 rings (SSSR count). The first-order valence-electron chi connectivity index (χ1n) is 6.90. The molecule has 1 unspecified atom stereocenters. The average Bonchev–Trinajstić information content (AvgIpc) is 2.52. The fourth-order valence-corrected chi connectivity index (χ4v) is 2.45. The topological polar surface area (TPSA) is 47.0 Å². The monoisotopic (exact) mass is 355 g/mol. The van der Waals surface area contributed by atoms with Crippen LogP contribution in [0.25, 0.3) is 6.08 Å². The third-order valence-electron chi connectivity index (χ3n) is 3.13. The minimum absolute atomic E-state index is 0.0704. The van der Waals surface area contributed by atoms with Gasteiger partial charge in [0.1, 0.15) is 16.7 Å². The zero-order valence-corrected chi connectivity index (χ0v) is 14.2. The number of nitrogens with one attached hydrogen (secondary N) is 1. The van der Waals surface area contributed by atoms with Crippen LogP contribution in [0.15, 0.2) is 30.5 Å². The molecular weight excluding hydrogens is 340 g/mol. The predicted molar refractivity (Wildman–Crippen MR) is 91.4 cm³/mol. The molecule has 1 heterocycles. The second-order valence-corrected chi connectivity index (χ2v) is 5.51. The Labute approximate surface area is 144 Å². The van der Waals surface area contributed by atoms with Crippen molar-refractivity contribution in [1.29, 1.82) is 0 Å². The average molecular weight is 356 g/mol. The number of ether oxygens (including phenoxy) is 1. The van der Waals surface area contributed by atoms with Crippen LogP contribution < -0.4 is 5.32 Å². The second kappa shape index (κ2) is 8.24. The van der Waals surface area contributed by atoms with Gasteiger partial charge in [0.2, 0.25) is 5.28 Å². The van der Waals surface area contributed by atoms with Crippen LogP contribution >= 0.6 is 23.2 Å². The molecule has 0 aliphatic heterocycles. The molecule has 2 aromatic rings. The molecule has 1 N–H and O–H groups in total. The summed E-state index contributed by atoms with van der Waals surface area (Å²) >= 11 is 11.9. The van der Waals surface area contributed by atoms with E-state index in [4.69, 9.17) is 27.9 Å². The smallest absolute Gasteiger partial charge is 0.224 e. The molecule has 0 radical (unpaired) electrons. The zero-order valence-electron chi connectivity index (χ0n) is 12.7. The van der Waals surface area contributed by atoms with E-state index in [0.717, 1.165) is 11.1 Å². The summed E-state index contributed by atoms with van der Waals surface area (Å²) in [5, 5.41) is 3.53. The minimum Gasteiger partial charge on any atom is -0.382 e. The predicted octanol–water partition coefficient (Wildman–Crippen LogP) is 4.76. The molecule has 0 aliphatic carbocycles. The highest BCUT2D eigenvalue weighted by Gasteiger charge is 2.18. The van der Waals surface area contributed by atoms with E-state index in [1.165, 1.54) is 18.3 Å². The molecule has 1 aromatic heterocycles. The van der Waals surface area contributed by atoms with Crippen molar-refractivity contribution >= 4 is 35.1 Å². The van der Waals surface area contributed by atoms with Crippen LogP contribution in [0.5, 0.6) is 0 Å². The third kappa shape index (κ3) is 4.64. The molecule has 0 amide bonds. The normalized spacial score (nSPS) is 12.6. The molecule has 0 saturated heterocycles. The molecular formula is C16H16Cl2FN3O. The Bertz CT molecular complexity index is 710. The van der Waals surface area contributed by atoms with Gasteiger partial charge in [-0.3, -0.25) is 0 Å². The first kappa shape index (κ1) is 17.7. The Morgan fingerprint density at radius 3 is 2.87 bits per heavy atom. The van der Waals surface area contributed by atoms with E-state index in [1.54, 1.807) is 13.2 Å². The number of aromatic nitrogens is 2. The molecule has 0 spiro atoms. The number of rotatable bonds is 6. The van der Waals surface area contributed by atoms with Crippen molar-refractivity contribution in [2.24, 2.45) is 0 Å². The highest BCUT2D eigenvalue weighted by Crippen LogP contribution is 2.28. The summed E-state index contributed by atoms with van der Waals surface area (Å²) in [6.07, 6.45) is 5.18. The summed E-state index contributed by atoms with van der Waals surface area (Å²) in [7, 11) is 1.57. The zero-order chi connectivity index (χ0) is 16.8. The summed E-state index contributed by atoms with van der Waals surface area (Å²) < 4.78 is 18.9. The number of benzene rings is 1. The highest BCUT2D eigenvalue weighted by molar-refractivity contribution is 6.33. The summed E-state index contributed by atoms with van der Waals surface area (Å²) in [5.74, 6) is 0.0346. The van der Waals surface area contributed by atoms with E-state index >= 15 is 0 Å². The van der Waals surface area contributed by atoms with Crippen LogP contribution in [0, 0.1) is 5.82 Å². The number of halogens is 3. The summed E-state index contributed by atoms with van der Waals surface area (Å²) in [6.45, 7) is 2.19. The maximum absolute atomic E-state index is 13.7. The lowest BCUT2D eigenvalue weighted by Gasteiger charge is -2.21. The van der Waals surface area contributed by atoms with E-state index < -0.39 is 0 Å². The van der Waals surface area contributed by atoms with Gasteiger partial charge in [0.05, 0.1) is 18.8 Å².